The van der Waals surface area contributed by atoms with Crippen LogP contribution in [0.3, 0.4) is 0 Å². The molecule has 0 fully saturated rings. The number of phenols is 1. The van der Waals surface area contributed by atoms with Gasteiger partial charge in [-0.25, -0.2) is 0 Å². The van der Waals surface area contributed by atoms with Crippen molar-refractivity contribution in [1.29, 1.82) is 0 Å². The summed E-state index contributed by atoms with van der Waals surface area (Å²) in [5.41, 5.74) is 4.34. The summed E-state index contributed by atoms with van der Waals surface area (Å²) in [6.45, 7) is 15.2. The second-order valence-electron chi connectivity index (χ2n) is 8.96. The predicted molar refractivity (Wildman–Crippen MR) is 106 cm³/mol. The molecule has 2 nitrogen and oxygen atoms in total. The van der Waals surface area contributed by atoms with Crippen LogP contribution in [0.15, 0.2) is 36.4 Å². The third-order valence-corrected chi connectivity index (χ3v) is 4.90. The van der Waals surface area contributed by atoms with Crippen molar-refractivity contribution in [2.24, 2.45) is 0 Å². The van der Waals surface area contributed by atoms with E-state index in [2.05, 4.69) is 72.7 Å². The highest BCUT2D eigenvalue weighted by atomic mass is 16.5. The van der Waals surface area contributed by atoms with Crippen LogP contribution in [0, 0.1) is 0 Å². The van der Waals surface area contributed by atoms with E-state index in [4.69, 9.17) is 4.74 Å². The molecule has 0 saturated heterocycles. The summed E-state index contributed by atoms with van der Waals surface area (Å²) in [5.74, 6) is 1.37. The minimum Gasteiger partial charge on any atom is -0.507 e. The fourth-order valence-electron chi connectivity index (χ4n) is 3.06. The second-order valence-corrected chi connectivity index (χ2v) is 8.96. The monoisotopic (exact) mass is 340 g/mol. The summed E-state index contributed by atoms with van der Waals surface area (Å²) in [5, 5.41) is 11.0. The number of ether oxygens (including phenoxy) is 1. The van der Waals surface area contributed by atoms with Gasteiger partial charge in [0, 0.05) is 11.5 Å². The smallest absolute Gasteiger partial charge is 0.123 e. The molecule has 0 aliphatic carbocycles. The highest BCUT2D eigenvalue weighted by Gasteiger charge is 2.27. The summed E-state index contributed by atoms with van der Waals surface area (Å²) in [4.78, 5) is 0. The summed E-state index contributed by atoms with van der Waals surface area (Å²) < 4.78 is 5.26. The van der Waals surface area contributed by atoms with Gasteiger partial charge in [-0.15, -0.1) is 0 Å². The molecule has 0 heterocycles. The zero-order chi connectivity index (χ0) is 19.0. The molecule has 2 rings (SSSR count). The van der Waals surface area contributed by atoms with Crippen molar-refractivity contribution in [2.75, 3.05) is 7.11 Å². The predicted octanol–water partition coefficient (Wildman–Crippen LogP) is 6.15. The fourth-order valence-corrected chi connectivity index (χ4v) is 3.06. The molecule has 0 aromatic heterocycles. The molecular weight excluding hydrogens is 308 g/mol. The fraction of sp³-hybridized carbons (Fsp3) is 0.478. The summed E-state index contributed by atoms with van der Waals surface area (Å²) in [6, 6.07) is 12.4. The van der Waals surface area contributed by atoms with Crippen molar-refractivity contribution in [1.82, 2.24) is 0 Å². The highest BCUT2D eigenvalue weighted by molar-refractivity contribution is 5.52. The molecule has 0 amide bonds. The van der Waals surface area contributed by atoms with E-state index in [1.165, 1.54) is 11.1 Å². The average Bonchev–Trinajstić information content (AvgIpc) is 2.52. The van der Waals surface area contributed by atoms with Gasteiger partial charge in [0.05, 0.1) is 7.11 Å². The SMILES string of the molecule is COc1ccc(C(C)c2cc(C(C)(C)C)cc(C(C)(C)C)c2O)cc1. The summed E-state index contributed by atoms with van der Waals surface area (Å²) >= 11 is 0. The lowest BCUT2D eigenvalue weighted by atomic mass is 9.77. The topological polar surface area (TPSA) is 29.5 Å². The molecule has 2 aromatic rings. The number of phenolic OH excluding ortho intramolecular Hbond substituents is 1. The molecule has 2 heteroatoms. The van der Waals surface area contributed by atoms with Gasteiger partial charge >= 0.3 is 0 Å². The van der Waals surface area contributed by atoms with E-state index in [-0.39, 0.29) is 16.7 Å². The Morgan fingerprint density at radius 3 is 1.88 bits per heavy atom. The number of hydrogen-bond donors (Lipinski definition) is 1. The molecule has 0 aliphatic rings. The van der Waals surface area contributed by atoms with E-state index in [9.17, 15) is 5.11 Å². The lowest BCUT2D eigenvalue weighted by molar-refractivity contribution is 0.414. The van der Waals surface area contributed by atoms with Crippen LogP contribution in [0.2, 0.25) is 0 Å². The third kappa shape index (κ3) is 4.18. The Labute approximate surface area is 152 Å². The maximum atomic E-state index is 11.0. The van der Waals surface area contributed by atoms with Crippen LogP contribution in [0.4, 0.5) is 0 Å². The maximum Gasteiger partial charge on any atom is 0.123 e. The lowest BCUT2D eigenvalue weighted by Gasteiger charge is -2.29. The van der Waals surface area contributed by atoms with Gasteiger partial charge in [0.2, 0.25) is 0 Å². The molecule has 1 atom stereocenters. The lowest BCUT2D eigenvalue weighted by Crippen LogP contribution is -2.18. The van der Waals surface area contributed by atoms with Gasteiger partial charge in [-0.05, 0) is 39.7 Å². The molecule has 1 unspecified atom stereocenters. The zero-order valence-corrected chi connectivity index (χ0v) is 16.9. The van der Waals surface area contributed by atoms with E-state index in [1.54, 1.807) is 7.11 Å². The summed E-state index contributed by atoms with van der Waals surface area (Å²) in [6.07, 6.45) is 0. The molecule has 136 valence electrons. The first kappa shape index (κ1) is 19.4. The zero-order valence-electron chi connectivity index (χ0n) is 16.9. The van der Waals surface area contributed by atoms with E-state index in [0.717, 1.165) is 16.9 Å². The van der Waals surface area contributed by atoms with Gasteiger partial charge < -0.3 is 9.84 Å². The number of aromatic hydroxyl groups is 1. The standard InChI is InChI=1S/C23H32O2/c1-15(16-9-11-18(25-8)12-10-16)19-13-17(22(2,3)4)14-20(21(19)24)23(5,6)7/h9-15,24H,1-8H3. The highest BCUT2D eigenvalue weighted by Crippen LogP contribution is 2.42. The molecule has 0 bridgehead atoms. The number of methoxy groups -OCH3 is 1. The quantitative estimate of drug-likeness (QED) is 0.726. The van der Waals surface area contributed by atoms with E-state index < -0.39 is 0 Å². The number of benzene rings is 2. The molecule has 0 spiro atoms. The number of rotatable bonds is 3. The van der Waals surface area contributed by atoms with Crippen LogP contribution in [-0.4, -0.2) is 12.2 Å². The van der Waals surface area contributed by atoms with Crippen molar-refractivity contribution in [2.45, 2.75) is 65.2 Å². The normalized spacial score (nSPS) is 13.6. The van der Waals surface area contributed by atoms with Crippen LogP contribution >= 0.6 is 0 Å². The largest absolute Gasteiger partial charge is 0.507 e. The Hall–Kier alpha value is -1.96. The van der Waals surface area contributed by atoms with Crippen molar-refractivity contribution in [3.63, 3.8) is 0 Å². The van der Waals surface area contributed by atoms with Gasteiger partial charge in [0.15, 0.2) is 0 Å². The minimum absolute atomic E-state index is 0.0298. The van der Waals surface area contributed by atoms with E-state index in [1.807, 2.05) is 12.1 Å². The Morgan fingerprint density at radius 1 is 0.880 bits per heavy atom. The van der Waals surface area contributed by atoms with Gasteiger partial charge in [0.25, 0.3) is 0 Å². The van der Waals surface area contributed by atoms with Gasteiger partial charge in [0.1, 0.15) is 11.5 Å². The first-order chi connectivity index (χ1) is 11.4. The Kier molecular flexibility index (Phi) is 5.22. The van der Waals surface area contributed by atoms with Crippen molar-refractivity contribution in [3.8, 4) is 11.5 Å². The molecule has 0 saturated carbocycles. The van der Waals surface area contributed by atoms with Crippen molar-refractivity contribution in [3.05, 3.63) is 58.7 Å². The molecule has 0 aliphatic heterocycles. The third-order valence-electron chi connectivity index (χ3n) is 4.90. The molecule has 1 N–H and O–H groups in total. The molecule has 0 radical (unpaired) electrons. The molecule has 2 aromatic carbocycles. The number of hydrogen-bond acceptors (Lipinski definition) is 2. The molecule has 25 heavy (non-hydrogen) atoms. The van der Waals surface area contributed by atoms with Gasteiger partial charge in [-0.2, -0.15) is 0 Å². The Balaban J connectivity index is 2.61. The van der Waals surface area contributed by atoms with Crippen molar-refractivity contribution >= 4 is 0 Å². The first-order valence-corrected chi connectivity index (χ1v) is 8.97. The van der Waals surface area contributed by atoms with Crippen LogP contribution in [0.25, 0.3) is 0 Å². The van der Waals surface area contributed by atoms with E-state index >= 15 is 0 Å². The molecular formula is C23H32O2. The van der Waals surface area contributed by atoms with Crippen LogP contribution in [0.5, 0.6) is 11.5 Å². The Bertz CT molecular complexity index is 728. The van der Waals surface area contributed by atoms with Crippen LogP contribution < -0.4 is 4.74 Å². The summed E-state index contributed by atoms with van der Waals surface area (Å²) in [7, 11) is 1.67. The first-order valence-electron chi connectivity index (χ1n) is 8.97. The van der Waals surface area contributed by atoms with Crippen LogP contribution in [0.1, 0.15) is 76.6 Å². The van der Waals surface area contributed by atoms with Gasteiger partial charge in [-0.1, -0.05) is 72.7 Å². The average molecular weight is 341 g/mol. The van der Waals surface area contributed by atoms with E-state index in [0.29, 0.717) is 5.75 Å². The second kappa shape index (κ2) is 6.74. The van der Waals surface area contributed by atoms with Crippen molar-refractivity contribution < 1.29 is 9.84 Å². The minimum atomic E-state index is -0.111. The Morgan fingerprint density at radius 2 is 1.44 bits per heavy atom. The van der Waals surface area contributed by atoms with Gasteiger partial charge in [-0.3, -0.25) is 0 Å². The van der Waals surface area contributed by atoms with Crippen LogP contribution in [-0.2, 0) is 10.8 Å². The maximum absolute atomic E-state index is 11.0.